The van der Waals surface area contributed by atoms with Crippen LogP contribution in [0, 0.1) is 5.92 Å². The van der Waals surface area contributed by atoms with Gasteiger partial charge in [-0.1, -0.05) is 6.07 Å². The van der Waals surface area contributed by atoms with Crippen molar-refractivity contribution < 1.29 is 23.7 Å². The molecule has 0 aliphatic carbocycles. The summed E-state index contributed by atoms with van der Waals surface area (Å²) in [7, 11) is 4.80. The SMILES string of the molecule is COc1ccc2c(c1)C[C@H](C(=O)NCc1ccc(OC)c(OC)c1)CO2. The normalized spacial score (nSPS) is 15.4. The van der Waals surface area contributed by atoms with Crippen molar-refractivity contribution in [1.82, 2.24) is 5.32 Å². The second-order valence-corrected chi connectivity index (χ2v) is 6.09. The van der Waals surface area contributed by atoms with E-state index in [0.29, 0.717) is 31.1 Å². The van der Waals surface area contributed by atoms with Gasteiger partial charge in [-0.3, -0.25) is 4.79 Å². The molecule has 1 aliphatic rings. The lowest BCUT2D eigenvalue weighted by atomic mass is 9.95. The number of amides is 1. The van der Waals surface area contributed by atoms with Crippen LogP contribution in [0.3, 0.4) is 0 Å². The van der Waals surface area contributed by atoms with Crippen molar-refractivity contribution in [3.8, 4) is 23.0 Å². The highest BCUT2D eigenvalue weighted by Crippen LogP contribution is 2.31. The van der Waals surface area contributed by atoms with E-state index in [1.165, 1.54) is 0 Å². The molecular weight excluding hydrogens is 334 g/mol. The van der Waals surface area contributed by atoms with Crippen LogP contribution in [-0.2, 0) is 17.8 Å². The van der Waals surface area contributed by atoms with Crippen molar-refractivity contribution in [1.29, 1.82) is 0 Å². The Morgan fingerprint density at radius 3 is 2.62 bits per heavy atom. The Hall–Kier alpha value is -2.89. The molecule has 1 atom stereocenters. The summed E-state index contributed by atoms with van der Waals surface area (Å²) in [6.45, 7) is 0.789. The first kappa shape index (κ1) is 17.9. The minimum absolute atomic E-state index is 0.0340. The Balaban J connectivity index is 1.62. The van der Waals surface area contributed by atoms with Gasteiger partial charge >= 0.3 is 0 Å². The van der Waals surface area contributed by atoms with Gasteiger partial charge in [-0.15, -0.1) is 0 Å². The number of nitrogens with one attached hydrogen (secondary N) is 1. The molecule has 0 fully saturated rings. The predicted molar refractivity (Wildman–Crippen MR) is 97.1 cm³/mol. The monoisotopic (exact) mass is 357 g/mol. The topological polar surface area (TPSA) is 66.0 Å². The number of ether oxygens (including phenoxy) is 4. The standard InChI is InChI=1S/C20H23NO5/c1-23-16-5-7-17-14(10-16)9-15(12-26-17)20(22)21-11-13-4-6-18(24-2)19(8-13)25-3/h4-8,10,15H,9,11-12H2,1-3H3,(H,21,22)/t15-/m0/s1. The van der Waals surface area contributed by atoms with E-state index in [9.17, 15) is 4.79 Å². The molecule has 6 nitrogen and oxygen atoms in total. The van der Waals surface area contributed by atoms with Gasteiger partial charge in [0.05, 0.1) is 27.2 Å². The van der Waals surface area contributed by atoms with Crippen molar-refractivity contribution >= 4 is 5.91 Å². The molecule has 0 radical (unpaired) electrons. The quantitative estimate of drug-likeness (QED) is 0.861. The number of carbonyl (C=O) groups is 1. The van der Waals surface area contributed by atoms with Gasteiger partial charge in [0.15, 0.2) is 11.5 Å². The lowest BCUT2D eigenvalue weighted by molar-refractivity contribution is -0.126. The highest BCUT2D eigenvalue weighted by Gasteiger charge is 2.26. The van der Waals surface area contributed by atoms with Crippen LogP contribution >= 0.6 is 0 Å². The number of hydrogen-bond acceptors (Lipinski definition) is 5. The van der Waals surface area contributed by atoms with Crippen molar-refractivity contribution in [2.45, 2.75) is 13.0 Å². The summed E-state index contributed by atoms with van der Waals surface area (Å²) >= 11 is 0. The predicted octanol–water partition coefficient (Wildman–Crippen LogP) is 2.58. The highest BCUT2D eigenvalue weighted by atomic mass is 16.5. The molecule has 26 heavy (non-hydrogen) atoms. The summed E-state index contributed by atoms with van der Waals surface area (Å²) in [5.74, 6) is 2.62. The Morgan fingerprint density at radius 2 is 1.88 bits per heavy atom. The van der Waals surface area contributed by atoms with E-state index in [0.717, 1.165) is 22.6 Å². The van der Waals surface area contributed by atoms with Gasteiger partial charge in [0.25, 0.3) is 0 Å². The van der Waals surface area contributed by atoms with Gasteiger partial charge in [-0.05, 0) is 47.9 Å². The number of benzene rings is 2. The second-order valence-electron chi connectivity index (χ2n) is 6.09. The number of rotatable bonds is 6. The zero-order chi connectivity index (χ0) is 18.5. The van der Waals surface area contributed by atoms with Crippen LogP contribution in [0.25, 0.3) is 0 Å². The molecule has 0 saturated heterocycles. The van der Waals surface area contributed by atoms with Crippen molar-refractivity contribution in [3.05, 3.63) is 47.5 Å². The minimum atomic E-state index is -0.227. The van der Waals surface area contributed by atoms with Crippen molar-refractivity contribution in [3.63, 3.8) is 0 Å². The van der Waals surface area contributed by atoms with Crippen LogP contribution in [0.1, 0.15) is 11.1 Å². The van der Waals surface area contributed by atoms with E-state index in [1.54, 1.807) is 21.3 Å². The third-order valence-corrected chi connectivity index (χ3v) is 4.46. The third kappa shape index (κ3) is 3.85. The number of hydrogen-bond donors (Lipinski definition) is 1. The Labute approximate surface area is 153 Å². The zero-order valence-electron chi connectivity index (χ0n) is 15.2. The molecule has 1 N–H and O–H groups in total. The molecule has 2 aromatic carbocycles. The first-order valence-electron chi connectivity index (χ1n) is 8.43. The largest absolute Gasteiger partial charge is 0.497 e. The molecule has 0 aromatic heterocycles. The van der Waals surface area contributed by atoms with E-state index in [-0.39, 0.29) is 11.8 Å². The molecule has 1 heterocycles. The number of methoxy groups -OCH3 is 3. The fraction of sp³-hybridized carbons (Fsp3) is 0.350. The van der Waals surface area contributed by atoms with Crippen LogP contribution in [0.15, 0.2) is 36.4 Å². The number of carbonyl (C=O) groups excluding carboxylic acids is 1. The van der Waals surface area contributed by atoms with Gasteiger partial charge in [0.1, 0.15) is 18.1 Å². The summed E-state index contributed by atoms with van der Waals surface area (Å²) < 4.78 is 21.5. The Morgan fingerprint density at radius 1 is 1.08 bits per heavy atom. The summed E-state index contributed by atoms with van der Waals surface area (Å²) in [4.78, 5) is 12.5. The van der Waals surface area contributed by atoms with Gasteiger partial charge in [0.2, 0.25) is 5.91 Å². The average molecular weight is 357 g/mol. The maximum atomic E-state index is 12.5. The molecule has 138 valence electrons. The molecule has 2 aromatic rings. The smallest absolute Gasteiger partial charge is 0.227 e. The maximum absolute atomic E-state index is 12.5. The molecule has 0 unspecified atom stereocenters. The summed E-state index contributed by atoms with van der Waals surface area (Å²) in [5.41, 5.74) is 1.93. The molecule has 0 saturated carbocycles. The fourth-order valence-electron chi connectivity index (χ4n) is 2.99. The van der Waals surface area contributed by atoms with Gasteiger partial charge in [0, 0.05) is 6.54 Å². The van der Waals surface area contributed by atoms with Crippen LogP contribution in [-0.4, -0.2) is 33.8 Å². The van der Waals surface area contributed by atoms with Crippen molar-refractivity contribution in [2.75, 3.05) is 27.9 Å². The zero-order valence-corrected chi connectivity index (χ0v) is 15.2. The van der Waals surface area contributed by atoms with E-state index in [1.807, 2.05) is 36.4 Å². The molecular formula is C20H23NO5. The second kappa shape index (κ2) is 7.99. The van der Waals surface area contributed by atoms with E-state index >= 15 is 0 Å². The lowest BCUT2D eigenvalue weighted by Gasteiger charge is -2.25. The number of fused-ring (bicyclic) bond motifs is 1. The molecule has 1 aliphatic heterocycles. The van der Waals surface area contributed by atoms with E-state index < -0.39 is 0 Å². The highest BCUT2D eigenvalue weighted by molar-refractivity contribution is 5.79. The van der Waals surface area contributed by atoms with Crippen LogP contribution in [0.2, 0.25) is 0 Å². The molecule has 0 spiro atoms. The van der Waals surface area contributed by atoms with E-state index in [4.69, 9.17) is 18.9 Å². The average Bonchev–Trinajstić information content (AvgIpc) is 2.70. The molecule has 0 bridgehead atoms. The van der Waals surface area contributed by atoms with Crippen LogP contribution < -0.4 is 24.3 Å². The first-order chi connectivity index (χ1) is 12.6. The third-order valence-electron chi connectivity index (χ3n) is 4.46. The maximum Gasteiger partial charge on any atom is 0.227 e. The molecule has 3 rings (SSSR count). The molecule has 6 heteroatoms. The Kier molecular flexibility index (Phi) is 5.51. The first-order valence-corrected chi connectivity index (χ1v) is 8.43. The Bertz CT molecular complexity index is 790. The van der Waals surface area contributed by atoms with Gasteiger partial charge in [-0.2, -0.15) is 0 Å². The van der Waals surface area contributed by atoms with Crippen LogP contribution in [0.5, 0.6) is 23.0 Å². The summed E-state index contributed by atoms with van der Waals surface area (Å²) in [6, 6.07) is 11.2. The minimum Gasteiger partial charge on any atom is -0.497 e. The summed E-state index contributed by atoms with van der Waals surface area (Å²) in [6.07, 6.45) is 0.629. The van der Waals surface area contributed by atoms with Gasteiger partial charge < -0.3 is 24.3 Å². The molecule has 1 amide bonds. The lowest BCUT2D eigenvalue weighted by Crippen LogP contribution is -2.37. The fourth-order valence-corrected chi connectivity index (χ4v) is 2.99. The van der Waals surface area contributed by atoms with Crippen LogP contribution in [0.4, 0.5) is 0 Å². The van der Waals surface area contributed by atoms with E-state index in [2.05, 4.69) is 5.32 Å². The van der Waals surface area contributed by atoms with Crippen molar-refractivity contribution in [2.24, 2.45) is 5.92 Å². The van der Waals surface area contributed by atoms with Gasteiger partial charge in [-0.25, -0.2) is 0 Å². The summed E-state index contributed by atoms with van der Waals surface area (Å²) in [5, 5.41) is 2.97.